The van der Waals surface area contributed by atoms with Crippen molar-refractivity contribution >= 4 is 50.2 Å². The summed E-state index contributed by atoms with van der Waals surface area (Å²) in [4.78, 5) is 19.0. The number of aromatic nitrogens is 1. The zero-order valence-corrected chi connectivity index (χ0v) is 14.1. The zero-order chi connectivity index (χ0) is 17.9. The van der Waals surface area contributed by atoms with Gasteiger partial charge in [0.15, 0.2) is 11.8 Å². The number of hydrogen-bond acceptors (Lipinski definition) is 7. The third-order valence-electron chi connectivity index (χ3n) is 2.84. The predicted molar refractivity (Wildman–Crippen MR) is 89.4 cm³/mol. The molecule has 1 aromatic carbocycles. The Bertz CT molecular complexity index is 925. The van der Waals surface area contributed by atoms with Crippen LogP contribution >= 0.6 is 11.6 Å². The lowest BCUT2D eigenvalue weighted by Gasteiger charge is -2.08. The zero-order valence-electron chi connectivity index (χ0n) is 12.5. The third kappa shape index (κ3) is 3.91. The molecule has 0 amide bonds. The molecule has 0 aliphatic rings. The van der Waals surface area contributed by atoms with Gasteiger partial charge in [-0.25, -0.2) is 9.78 Å². The molecule has 2 aromatic rings. The molecule has 0 atom stereocenters. The molecule has 9 nitrogen and oxygen atoms in total. The minimum absolute atomic E-state index is 0.0907. The number of hydrogen-bond donors (Lipinski definition) is 3. The molecule has 0 saturated carbocycles. The first kappa shape index (κ1) is 17.9. The second kappa shape index (κ2) is 6.99. The highest BCUT2D eigenvalue weighted by Gasteiger charge is 2.21. The summed E-state index contributed by atoms with van der Waals surface area (Å²) in [5.74, 6) is -1.10. The molecule has 0 saturated heterocycles. The van der Waals surface area contributed by atoms with Crippen molar-refractivity contribution in [3.63, 3.8) is 0 Å². The fourth-order valence-corrected chi connectivity index (χ4v) is 3.00. The molecule has 0 unspecified atom stereocenters. The van der Waals surface area contributed by atoms with Gasteiger partial charge < -0.3 is 21.0 Å². The highest BCUT2D eigenvalue weighted by molar-refractivity contribution is 7.87. The SMILES string of the molecule is CNCC(=O)OS(=O)(=O)c1ccc2c(Cl)cnc(N=C(N)N)c2c1. The van der Waals surface area contributed by atoms with Gasteiger partial charge in [-0.2, -0.15) is 13.4 Å². The largest absolute Gasteiger partial charge is 0.370 e. The second-order valence-corrected chi connectivity index (χ2v) is 6.57. The number of fused-ring (bicyclic) bond motifs is 1. The van der Waals surface area contributed by atoms with E-state index in [1.54, 1.807) is 0 Å². The number of pyridine rings is 1. The van der Waals surface area contributed by atoms with E-state index in [1.807, 2.05) is 0 Å². The highest BCUT2D eigenvalue weighted by Crippen LogP contribution is 2.31. The molecule has 0 bridgehead atoms. The van der Waals surface area contributed by atoms with Crippen molar-refractivity contribution in [3.05, 3.63) is 29.4 Å². The maximum absolute atomic E-state index is 12.2. The lowest BCUT2D eigenvalue weighted by Crippen LogP contribution is -2.23. The van der Waals surface area contributed by atoms with E-state index < -0.39 is 16.1 Å². The number of rotatable bonds is 5. The number of carbonyl (C=O) groups excluding carboxylic acids is 1. The third-order valence-corrected chi connectivity index (χ3v) is 4.37. The molecule has 0 aliphatic carbocycles. The quantitative estimate of drug-likeness (QED) is 0.384. The van der Waals surface area contributed by atoms with E-state index in [-0.39, 0.29) is 28.2 Å². The summed E-state index contributed by atoms with van der Waals surface area (Å²) in [6.07, 6.45) is 1.34. The van der Waals surface area contributed by atoms with Crippen molar-refractivity contribution in [3.8, 4) is 0 Å². The number of nitrogens with zero attached hydrogens (tertiary/aromatic N) is 2. The Morgan fingerprint density at radius 2 is 2.08 bits per heavy atom. The van der Waals surface area contributed by atoms with Crippen LogP contribution < -0.4 is 16.8 Å². The molecule has 0 aliphatic heterocycles. The maximum Gasteiger partial charge on any atom is 0.341 e. The van der Waals surface area contributed by atoms with Crippen molar-refractivity contribution in [1.82, 2.24) is 10.3 Å². The Kier molecular flexibility index (Phi) is 5.22. The Hall–Kier alpha value is -2.43. The lowest BCUT2D eigenvalue weighted by atomic mass is 10.1. The smallest absolute Gasteiger partial charge is 0.341 e. The van der Waals surface area contributed by atoms with Crippen LogP contribution in [0.1, 0.15) is 0 Å². The lowest BCUT2D eigenvalue weighted by molar-refractivity contribution is -0.132. The highest BCUT2D eigenvalue weighted by atomic mass is 35.5. The summed E-state index contributed by atoms with van der Waals surface area (Å²) >= 11 is 6.04. The first-order valence-electron chi connectivity index (χ1n) is 6.54. The van der Waals surface area contributed by atoms with Crippen molar-refractivity contribution in [1.29, 1.82) is 0 Å². The topological polar surface area (TPSA) is 150 Å². The van der Waals surface area contributed by atoms with Crippen LogP contribution in [0.15, 0.2) is 34.3 Å². The van der Waals surface area contributed by atoms with Gasteiger partial charge in [0.25, 0.3) is 0 Å². The van der Waals surface area contributed by atoms with E-state index in [2.05, 4.69) is 19.5 Å². The first-order chi connectivity index (χ1) is 11.2. The Balaban J connectivity index is 2.58. The fraction of sp³-hybridized carbons (Fsp3) is 0.154. The molecule has 0 radical (unpaired) electrons. The van der Waals surface area contributed by atoms with E-state index in [1.165, 1.54) is 31.4 Å². The number of likely N-dealkylation sites (N-methyl/N-ethyl adjacent to an activating group) is 1. The number of carbonyl (C=O) groups is 1. The van der Waals surface area contributed by atoms with E-state index >= 15 is 0 Å². The van der Waals surface area contributed by atoms with Crippen molar-refractivity contribution in [2.24, 2.45) is 16.5 Å². The summed E-state index contributed by atoms with van der Waals surface area (Å²) in [5, 5.41) is 3.57. The summed E-state index contributed by atoms with van der Waals surface area (Å²) < 4.78 is 28.8. The van der Waals surface area contributed by atoms with Crippen LogP contribution in [0.3, 0.4) is 0 Å². The molecule has 0 fully saturated rings. The average Bonchev–Trinajstić information content (AvgIpc) is 2.49. The molecular weight excluding hydrogens is 358 g/mol. The molecule has 24 heavy (non-hydrogen) atoms. The van der Waals surface area contributed by atoms with Gasteiger partial charge in [-0.15, -0.1) is 0 Å². The molecule has 1 heterocycles. The van der Waals surface area contributed by atoms with Crippen LogP contribution in [0.25, 0.3) is 10.8 Å². The van der Waals surface area contributed by atoms with E-state index in [9.17, 15) is 13.2 Å². The van der Waals surface area contributed by atoms with Crippen LogP contribution in [-0.2, 0) is 19.1 Å². The summed E-state index contributed by atoms with van der Waals surface area (Å²) in [5.41, 5.74) is 10.7. The van der Waals surface area contributed by atoms with Gasteiger partial charge in [-0.1, -0.05) is 17.7 Å². The van der Waals surface area contributed by atoms with Crippen molar-refractivity contribution < 1.29 is 17.4 Å². The predicted octanol–water partition coefficient (Wildman–Crippen LogP) is 0.244. The van der Waals surface area contributed by atoms with Gasteiger partial charge in [0.2, 0.25) is 0 Å². The van der Waals surface area contributed by atoms with Gasteiger partial charge in [-0.05, 0) is 19.2 Å². The minimum Gasteiger partial charge on any atom is -0.370 e. The average molecular weight is 372 g/mol. The van der Waals surface area contributed by atoms with Gasteiger partial charge in [0, 0.05) is 17.0 Å². The van der Waals surface area contributed by atoms with Crippen LogP contribution in [0.2, 0.25) is 5.02 Å². The normalized spacial score (nSPS) is 11.2. The molecule has 1 aromatic heterocycles. The number of guanidine groups is 1. The number of nitrogens with one attached hydrogen (secondary N) is 1. The van der Waals surface area contributed by atoms with Gasteiger partial charge in [0.1, 0.15) is 4.90 Å². The van der Waals surface area contributed by atoms with Crippen LogP contribution in [0.4, 0.5) is 5.82 Å². The Morgan fingerprint density at radius 3 is 2.71 bits per heavy atom. The summed E-state index contributed by atoms with van der Waals surface area (Å²) in [6.45, 7) is -0.251. The van der Waals surface area contributed by atoms with E-state index in [4.69, 9.17) is 23.1 Å². The van der Waals surface area contributed by atoms with Crippen LogP contribution in [0, 0.1) is 0 Å². The molecule has 5 N–H and O–H groups in total. The Labute approximate surface area is 142 Å². The van der Waals surface area contributed by atoms with Gasteiger partial charge in [0.05, 0.1) is 11.6 Å². The summed E-state index contributed by atoms with van der Waals surface area (Å²) in [7, 11) is -2.82. The van der Waals surface area contributed by atoms with Gasteiger partial charge in [-0.3, -0.25) is 0 Å². The van der Waals surface area contributed by atoms with Crippen LogP contribution in [0.5, 0.6) is 0 Å². The molecule has 0 spiro atoms. The van der Waals surface area contributed by atoms with Crippen molar-refractivity contribution in [2.45, 2.75) is 4.90 Å². The molecular formula is C13H14ClN5O4S. The standard InChI is InChI=1S/C13H14ClN5O4S/c1-17-6-11(20)23-24(21,22)7-2-3-8-9(4-7)12(19-13(15)16)18-5-10(8)14/h2-5,17H,6H2,1H3,(H4,15,16,18,19). The monoisotopic (exact) mass is 371 g/mol. The first-order valence-corrected chi connectivity index (χ1v) is 8.33. The molecule has 2 rings (SSSR count). The molecule has 11 heteroatoms. The number of halogens is 1. The fourth-order valence-electron chi connectivity index (χ4n) is 1.88. The van der Waals surface area contributed by atoms with Crippen molar-refractivity contribution in [2.75, 3.05) is 13.6 Å². The number of nitrogens with two attached hydrogens (primary N) is 2. The Morgan fingerprint density at radius 1 is 1.38 bits per heavy atom. The summed E-state index contributed by atoms with van der Waals surface area (Å²) in [6, 6.07) is 3.94. The molecule has 128 valence electrons. The maximum atomic E-state index is 12.2. The van der Waals surface area contributed by atoms with Gasteiger partial charge >= 0.3 is 16.1 Å². The minimum atomic E-state index is -4.30. The number of aliphatic imine (C=N–C) groups is 1. The number of benzene rings is 1. The second-order valence-electron chi connectivity index (χ2n) is 4.61. The van der Waals surface area contributed by atoms with E-state index in [0.717, 1.165) is 0 Å². The van der Waals surface area contributed by atoms with E-state index in [0.29, 0.717) is 10.8 Å². The van der Waals surface area contributed by atoms with Crippen LogP contribution in [-0.4, -0.2) is 38.9 Å².